The predicted octanol–water partition coefficient (Wildman–Crippen LogP) is 1.88. The van der Waals surface area contributed by atoms with Gasteiger partial charge in [-0.25, -0.2) is 4.79 Å². The molecule has 1 atom stereocenters. The molecule has 26 heavy (non-hydrogen) atoms. The number of rotatable bonds is 5. The molecule has 4 rings (SSSR count). The molecule has 7 heteroatoms. The minimum Gasteiger partial charge on any atom is -0.326 e. The van der Waals surface area contributed by atoms with Gasteiger partial charge >= 0.3 is 6.03 Å². The molecule has 4 heterocycles. The number of likely N-dealkylation sites (tertiary alicyclic amines) is 2. The molecule has 0 radical (unpaired) electrons. The van der Waals surface area contributed by atoms with Crippen molar-refractivity contribution in [2.24, 2.45) is 0 Å². The van der Waals surface area contributed by atoms with Crippen LogP contribution in [0, 0.1) is 0 Å². The molecule has 144 valence electrons. The Balaban J connectivity index is 1.28. The molecule has 3 aliphatic rings. The number of hydrogen-bond acceptors (Lipinski definition) is 4. The zero-order chi connectivity index (χ0) is 17.9. The van der Waals surface area contributed by atoms with E-state index in [0.29, 0.717) is 6.04 Å². The Bertz CT molecular complexity index is 609. The fourth-order valence-electron chi connectivity index (χ4n) is 4.43. The maximum Gasteiger partial charge on any atom is 0.324 e. The van der Waals surface area contributed by atoms with Crippen molar-refractivity contribution in [3.05, 3.63) is 12.4 Å². The fourth-order valence-corrected chi connectivity index (χ4v) is 4.43. The molecule has 1 aromatic rings. The second kappa shape index (κ2) is 7.96. The SMILES string of the molecule is CN1CCN(c2cnn(C3CCN(CCN4CCCCCC4)C3)c2)C1=O. The van der Waals surface area contributed by atoms with E-state index in [-0.39, 0.29) is 6.03 Å². The number of likely N-dealkylation sites (N-methyl/N-ethyl adjacent to an activating group) is 1. The maximum absolute atomic E-state index is 12.2. The highest BCUT2D eigenvalue weighted by Crippen LogP contribution is 2.25. The van der Waals surface area contributed by atoms with Gasteiger partial charge in [-0.3, -0.25) is 14.5 Å². The Hall–Kier alpha value is -1.60. The number of carbonyl (C=O) groups is 1. The predicted molar refractivity (Wildman–Crippen MR) is 103 cm³/mol. The van der Waals surface area contributed by atoms with Crippen molar-refractivity contribution in [2.75, 3.05) is 64.3 Å². The summed E-state index contributed by atoms with van der Waals surface area (Å²) in [4.78, 5) is 21.0. The molecule has 0 N–H and O–H groups in total. The summed E-state index contributed by atoms with van der Waals surface area (Å²) < 4.78 is 2.08. The van der Waals surface area contributed by atoms with E-state index in [1.807, 2.05) is 18.1 Å². The van der Waals surface area contributed by atoms with E-state index in [1.54, 1.807) is 4.90 Å². The third kappa shape index (κ3) is 3.88. The van der Waals surface area contributed by atoms with Gasteiger partial charge in [0, 0.05) is 52.5 Å². The van der Waals surface area contributed by atoms with E-state index in [2.05, 4.69) is 25.8 Å². The van der Waals surface area contributed by atoms with E-state index in [4.69, 9.17) is 0 Å². The summed E-state index contributed by atoms with van der Waals surface area (Å²) in [6, 6.07) is 0.512. The number of anilines is 1. The molecule has 0 saturated carbocycles. The molecular formula is C19H32N6O. The summed E-state index contributed by atoms with van der Waals surface area (Å²) in [5.74, 6) is 0. The van der Waals surface area contributed by atoms with Crippen LogP contribution in [0.15, 0.2) is 12.4 Å². The minimum absolute atomic E-state index is 0.0787. The third-order valence-electron chi connectivity index (χ3n) is 6.17. The van der Waals surface area contributed by atoms with Crippen LogP contribution in [0.25, 0.3) is 0 Å². The molecule has 1 unspecified atom stereocenters. The van der Waals surface area contributed by atoms with E-state index in [1.165, 1.54) is 51.9 Å². The zero-order valence-electron chi connectivity index (χ0n) is 16.0. The van der Waals surface area contributed by atoms with Gasteiger partial charge in [0.25, 0.3) is 0 Å². The van der Waals surface area contributed by atoms with Gasteiger partial charge in [0.05, 0.1) is 17.9 Å². The van der Waals surface area contributed by atoms with Crippen molar-refractivity contribution in [1.29, 1.82) is 0 Å². The molecule has 3 fully saturated rings. The largest absolute Gasteiger partial charge is 0.326 e. The topological polar surface area (TPSA) is 47.9 Å². The van der Waals surface area contributed by atoms with Crippen LogP contribution < -0.4 is 4.90 Å². The van der Waals surface area contributed by atoms with Gasteiger partial charge in [-0.05, 0) is 32.4 Å². The molecule has 0 spiro atoms. The van der Waals surface area contributed by atoms with Gasteiger partial charge < -0.3 is 9.80 Å². The highest BCUT2D eigenvalue weighted by Gasteiger charge is 2.29. The first-order valence-corrected chi connectivity index (χ1v) is 10.2. The molecule has 0 aromatic carbocycles. The second-order valence-electron chi connectivity index (χ2n) is 8.03. The number of nitrogens with zero attached hydrogens (tertiary/aromatic N) is 6. The summed E-state index contributed by atoms with van der Waals surface area (Å²) in [5.41, 5.74) is 0.933. The van der Waals surface area contributed by atoms with Crippen molar-refractivity contribution >= 4 is 11.7 Å². The van der Waals surface area contributed by atoms with Crippen LogP contribution in [0.3, 0.4) is 0 Å². The maximum atomic E-state index is 12.2. The second-order valence-corrected chi connectivity index (χ2v) is 8.03. The third-order valence-corrected chi connectivity index (χ3v) is 6.17. The van der Waals surface area contributed by atoms with E-state index in [9.17, 15) is 4.79 Å². The summed E-state index contributed by atoms with van der Waals surface area (Å²) >= 11 is 0. The lowest BCUT2D eigenvalue weighted by Crippen LogP contribution is -2.34. The monoisotopic (exact) mass is 360 g/mol. The number of hydrogen-bond donors (Lipinski definition) is 0. The standard InChI is InChI=1S/C19H32N6O/c1-21-10-13-24(19(21)26)18-14-20-25(16-18)17-6-9-23(15-17)12-11-22-7-4-2-3-5-8-22/h14,16-17H,2-13,15H2,1H3. The van der Waals surface area contributed by atoms with Crippen LogP contribution in [0.4, 0.5) is 10.5 Å². The van der Waals surface area contributed by atoms with Crippen LogP contribution in [0.5, 0.6) is 0 Å². The highest BCUT2D eigenvalue weighted by atomic mass is 16.2. The van der Waals surface area contributed by atoms with Crippen LogP contribution in [-0.2, 0) is 0 Å². The molecule has 0 bridgehead atoms. The van der Waals surface area contributed by atoms with E-state index in [0.717, 1.165) is 38.3 Å². The lowest BCUT2D eigenvalue weighted by atomic mass is 10.2. The Morgan fingerprint density at radius 2 is 1.77 bits per heavy atom. The summed E-state index contributed by atoms with van der Waals surface area (Å²) in [6.07, 6.45) is 10.6. The molecule has 3 aliphatic heterocycles. The van der Waals surface area contributed by atoms with Gasteiger partial charge in [0.15, 0.2) is 0 Å². The van der Waals surface area contributed by atoms with Crippen molar-refractivity contribution in [1.82, 2.24) is 24.5 Å². The zero-order valence-corrected chi connectivity index (χ0v) is 16.0. The fraction of sp³-hybridized carbons (Fsp3) is 0.789. The highest BCUT2D eigenvalue weighted by molar-refractivity contribution is 5.93. The molecule has 0 aliphatic carbocycles. The number of amides is 2. The number of urea groups is 1. The Morgan fingerprint density at radius 3 is 2.50 bits per heavy atom. The van der Waals surface area contributed by atoms with Gasteiger partial charge in [-0.1, -0.05) is 12.8 Å². The van der Waals surface area contributed by atoms with E-state index < -0.39 is 0 Å². The van der Waals surface area contributed by atoms with Crippen molar-refractivity contribution < 1.29 is 4.79 Å². The Morgan fingerprint density at radius 1 is 1.00 bits per heavy atom. The lowest BCUT2D eigenvalue weighted by Gasteiger charge is -2.23. The first-order chi connectivity index (χ1) is 12.7. The Labute approximate surface area is 156 Å². The Kier molecular flexibility index (Phi) is 5.45. The lowest BCUT2D eigenvalue weighted by molar-refractivity contribution is 0.226. The molecule has 7 nitrogen and oxygen atoms in total. The average molecular weight is 361 g/mol. The van der Waals surface area contributed by atoms with Gasteiger partial charge in [0.2, 0.25) is 0 Å². The quantitative estimate of drug-likeness (QED) is 0.804. The van der Waals surface area contributed by atoms with Crippen LogP contribution in [0.1, 0.15) is 38.1 Å². The van der Waals surface area contributed by atoms with Crippen molar-refractivity contribution in [2.45, 2.75) is 38.1 Å². The normalized spacial score (nSPS) is 26.0. The first-order valence-electron chi connectivity index (χ1n) is 10.2. The van der Waals surface area contributed by atoms with E-state index >= 15 is 0 Å². The summed E-state index contributed by atoms with van der Waals surface area (Å²) in [7, 11) is 1.85. The molecule has 2 amide bonds. The molecule has 1 aromatic heterocycles. The number of aromatic nitrogens is 2. The van der Waals surface area contributed by atoms with Gasteiger partial charge in [-0.2, -0.15) is 5.10 Å². The molecule has 3 saturated heterocycles. The minimum atomic E-state index is 0.0787. The van der Waals surface area contributed by atoms with Gasteiger partial charge in [0.1, 0.15) is 0 Å². The summed E-state index contributed by atoms with van der Waals surface area (Å²) in [5, 5.41) is 4.57. The average Bonchev–Trinajstić information content (AvgIpc) is 3.32. The molecular weight excluding hydrogens is 328 g/mol. The smallest absolute Gasteiger partial charge is 0.324 e. The first kappa shape index (κ1) is 17.8. The van der Waals surface area contributed by atoms with Crippen molar-refractivity contribution in [3.63, 3.8) is 0 Å². The van der Waals surface area contributed by atoms with Crippen LogP contribution in [0.2, 0.25) is 0 Å². The number of carbonyl (C=O) groups excluding carboxylic acids is 1. The van der Waals surface area contributed by atoms with Crippen LogP contribution in [-0.4, -0.2) is 89.9 Å². The van der Waals surface area contributed by atoms with Crippen molar-refractivity contribution in [3.8, 4) is 0 Å². The van der Waals surface area contributed by atoms with Crippen LogP contribution >= 0.6 is 0 Å². The van der Waals surface area contributed by atoms with Gasteiger partial charge in [-0.15, -0.1) is 0 Å². The summed E-state index contributed by atoms with van der Waals surface area (Å²) in [6.45, 7) is 8.69.